The standard InChI is InChI=1S/C17H20F2N4O3S/c18-13-3-2-12(10-14(13)19)27(24,25)23-8-4-11(5-9-23)15-21-16(22-26-15)17(20)6-1-7-17/h2-3,10-11H,1,4-9,20H2. The average molecular weight is 398 g/mol. The summed E-state index contributed by atoms with van der Waals surface area (Å²) in [6.07, 6.45) is 3.71. The lowest BCUT2D eigenvalue weighted by Gasteiger charge is -2.34. The number of sulfonamides is 1. The Labute approximate surface area is 155 Å². The third-order valence-electron chi connectivity index (χ3n) is 5.46. The first-order valence-corrected chi connectivity index (χ1v) is 10.3. The quantitative estimate of drug-likeness (QED) is 0.848. The fourth-order valence-corrected chi connectivity index (χ4v) is 5.00. The van der Waals surface area contributed by atoms with E-state index in [-0.39, 0.29) is 23.9 Å². The minimum Gasteiger partial charge on any atom is -0.339 e. The molecule has 1 saturated carbocycles. The molecule has 7 nitrogen and oxygen atoms in total. The molecule has 0 spiro atoms. The van der Waals surface area contributed by atoms with E-state index in [0.29, 0.717) is 30.6 Å². The van der Waals surface area contributed by atoms with Gasteiger partial charge in [-0.15, -0.1) is 0 Å². The summed E-state index contributed by atoms with van der Waals surface area (Å²) in [4.78, 5) is 4.18. The Hall–Kier alpha value is -1.91. The minimum absolute atomic E-state index is 0.0497. The molecule has 2 N–H and O–H groups in total. The maximum atomic E-state index is 13.4. The molecule has 1 aliphatic carbocycles. The number of rotatable bonds is 4. The van der Waals surface area contributed by atoms with Crippen molar-refractivity contribution in [2.24, 2.45) is 5.73 Å². The van der Waals surface area contributed by atoms with Gasteiger partial charge in [-0.25, -0.2) is 17.2 Å². The Morgan fingerprint density at radius 2 is 1.89 bits per heavy atom. The lowest BCUT2D eigenvalue weighted by Crippen LogP contribution is -2.44. The number of nitrogens with two attached hydrogens (primary N) is 1. The zero-order valence-electron chi connectivity index (χ0n) is 14.6. The van der Waals surface area contributed by atoms with Gasteiger partial charge in [0.25, 0.3) is 0 Å². The molecule has 1 saturated heterocycles. The first-order valence-electron chi connectivity index (χ1n) is 8.88. The van der Waals surface area contributed by atoms with E-state index in [1.54, 1.807) is 0 Å². The van der Waals surface area contributed by atoms with Crippen molar-refractivity contribution in [2.75, 3.05) is 13.1 Å². The van der Waals surface area contributed by atoms with E-state index in [2.05, 4.69) is 10.1 Å². The molecule has 10 heteroatoms. The molecule has 2 aliphatic rings. The van der Waals surface area contributed by atoms with Crippen LogP contribution in [0, 0.1) is 11.6 Å². The van der Waals surface area contributed by atoms with Crippen molar-refractivity contribution in [3.8, 4) is 0 Å². The smallest absolute Gasteiger partial charge is 0.243 e. The molecule has 0 bridgehead atoms. The van der Waals surface area contributed by atoms with Crippen LogP contribution in [0.5, 0.6) is 0 Å². The van der Waals surface area contributed by atoms with Crippen LogP contribution in [0.1, 0.15) is 49.7 Å². The van der Waals surface area contributed by atoms with Crippen LogP contribution in [0.4, 0.5) is 8.78 Å². The molecule has 0 amide bonds. The van der Waals surface area contributed by atoms with Crippen molar-refractivity contribution in [3.05, 3.63) is 41.5 Å². The van der Waals surface area contributed by atoms with Gasteiger partial charge in [-0.05, 0) is 50.3 Å². The highest BCUT2D eigenvalue weighted by Gasteiger charge is 2.40. The van der Waals surface area contributed by atoms with Gasteiger partial charge in [-0.2, -0.15) is 9.29 Å². The summed E-state index contributed by atoms with van der Waals surface area (Å²) in [6, 6.07) is 2.60. The molecule has 1 aromatic carbocycles. The van der Waals surface area contributed by atoms with Gasteiger partial charge in [-0.3, -0.25) is 0 Å². The summed E-state index contributed by atoms with van der Waals surface area (Å²) in [6.45, 7) is 0.467. The zero-order valence-corrected chi connectivity index (χ0v) is 15.4. The fraction of sp³-hybridized carbons (Fsp3) is 0.529. The normalized spacial score (nSPS) is 21.1. The number of nitrogens with zero attached hydrogens (tertiary/aromatic N) is 3. The Kier molecular flexibility index (Phi) is 4.52. The van der Waals surface area contributed by atoms with Crippen molar-refractivity contribution in [3.63, 3.8) is 0 Å². The second-order valence-corrected chi connectivity index (χ2v) is 9.16. The molecule has 2 fully saturated rings. The van der Waals surface area contributed by atoms with Crippen LogP contribution in [-0.4, -0.2) is 36.0 Å². The number of halogens is 2. The molecule has 4 rings (SSSR count). The number of benzene rings is 1. The van der Waals surface area contributed by atoms with Crippen LogP contribution in [0.25, 0.3) is 0 Å². The average Bonchev–Trinajstić information content (AvgIpc) is 3.12. The van der Waals surface area contributed by atoms with Crippen LogP contribution >= 0.6 is 0 Å². The van der Waals surface area contributed by atoms with E-state index in [1.165, 1.54) is 4.31 Å². The van der Waals surface area contributed by atoms with Crippen molar-refractivity contribution in [1.82, 2.24) is 14.4 Å². The maximum absolute atomic E-state index is 13.4. The lowest BCUT2D eigenvalue weighted by molar-refractivity contribution is 0.227. The van der Waals surface area contributed by atoms with Gasteiger partial charge in [-0.1, -0.05) is 5.16 Å². The van der Waals surface area contributed by atoms with Crippen LogP contribution in [-0.2, 0) is 15.6 Å². The molecule has 146 valence electrons. The van der Waals surface area contributed by atoms with Crippen molar-refractivity contribution >= 4 is 10.0 Å². The number of hydrogen-bond donors (Lipinski definition) is 1. The molecule has 0 radical (unpaired) electrons. The molecule has 2 aromatic rings. The highest BCUT2D eigenvalue weighted by atomic mass is 32.2. The monoisotopic (exact) mass is 398 g/mol. The van der Waals surface area contributed by atoms with Gasteiger partial charge in [0.1, 0.15) is 0 Å². The van der Waals surface area contributed by atoms with Crippen molar-refractivity contribution < 1.29 is 21.7 Å². The molecular weight excluding hydrogens is 378 g/mol. The SMILES string of the molecule is NC1(c2noc(C3CCN(S(=O)(=O)c4ccc(F)c(F)c4)CC3)n2)CCC1. The van der Waals surface area contributed by atoms with Crippen molar-refractivity contribution in [1.29, 1.82) is 0 Å². The largest absolute Gasteiger partial charge is 0.339 e. The summed E-state index contributed by atoms with van der Waals surface area (Å²) in [5.41, 5.74) is 5.70. The van der Waals surface area contributed by atoms with Crippen LogP contribution in [0.2, 0.25) is 0 Å². The van der Waals surface area contributed by atoms with E-state index in [4.69, 9.17) is 10.3 Å². The van der Waals surface area contributed by atoms with Gasteiger partial charge in [0.05, 0.1) is 10.4 Å². The number of piperidine rings is 1. The Balaban J connectivity index is 1.45. The fourth-order valence-electron chi connectivity index (χ4n) is 3.51. The third-order valence-corrected chi connectivity index (χ3v) is 7.36. The number of hydrogen-bond acceptors (Lipinski definition) is 6. The Morgan fingerprint density at radius 3 is 2.48 bits per heavy atom. The highest BCUT2D eigenvalue weighted by Crippen LogP contribution is 2.38. The van der Waals surface area contributed by atoms with Gasteiger partial charge in [0.2, 0.25) is 15.9 Å². The van der Waals surface area contributed by atoms with Crippen molar-refractivity contribution in [2.45, 2.75) is 48.5 Å². The first kappa shape index (κ1) is 18.5. The van der Waals surface area contributed by atoms with E-state index < -0.39 is 27.2 Å². The van der Waals surface area contributed by atoms with Crippen LogP contribution in [0.3, 0.4) is 0 Å². The molecule has 0 atom stereocenters. The summed E-state index contributed by atoms with van der Waals surface area (Å²) >= 11 is 0. The van der Waals surface area contributed by atoms with E-state index in [1.807, 2.05) is 0 Å². The highest BCUT2D eigenvalue weighted by molar-refractivity contribution is 7.89. The van der Waals surface area contributed by atoms with E-state index >= 15 is 0 Å². The summed E-state index contributed by atoms with van der Waals surface area (Å²) in [5, 5.41) is 4.00. The molecule has 2 heterocycles. The first-order chi connectivity index (χ1) is 12.8. The molecule has 0 unspecified atom stereocenters. The summed E-state index contributed by atoms with van der Waals surface area (Å²) in [5.74, 6) is -1.32. The maximum Gasteiger partial charge on any atom is 0.243 e. The molecule has 1 aromatic heterocycles. The van der Waals surface area contributed by atoms with Gasteiger partial charge < -0.3 is 10.3 Å². The second kappa shape index (κ2) is 6.61. The summed E-state index contributed by atoms with van der Waals surface area (Å²) in [7, 11) is -3.88. The predicted octanol–water partition coefficient (Wildman–Crippen LogP) is 2.25. The second-order valence-electron chi connectivity index (χ2n) is 7.22. The van der Waals surface area contributed by atoms with Gasteiger partial charge in [0, 0.05) is 19.0 Å². The molecule has 27 heavy (non-hydrogen) atoms. The molecular formula is C17H20F2N4O3S. The van der Waals surface area contributed by atoms with Crippen LogP contribution < -0.4 is 5.73 Å². The van der Waals surface area contributed by atoms with E-state index in [0.717, 1.165) is 31.4 Å². The molecule has 1 aliphatic heterocycles. The third kappa shape index (κ3) is 3.26. The number of aromatic nitrogens is 2. The van der Waals surface area contributed by atoms with Crippen LogP contribution in [0.15, 0.2) is 27.6 Å². The Morgan fingerprint density at radius 1 is 1.19 bits per heavy atom. The van der Waals surface area contributed by atoms with Gasteiger partial charge in [0.15, 0.2) is 17.5 Å². The van der Waals surface area contributed by atoms with E-state index in [9.17, 15) is 17.2 Å². The minimum atomic E-state index is -3.88. The van der Waals surface area contributed by atoms with Gasteiger partial charge >= 0.3 is 0 Å². The zero-order chi connectivity index (χ0) is 19.2. The predicted molar refractivity (Wildman–Crippen MR) is 91.1 cm³/mol. The lowest BCUT2D eigenvalue weighted by atomic mass is 9.77. The summed E-state index contributed by atoms with van der Waals surface area (Å²) < 4.78 is 58.4. The topological polar surface area (TPSA) is 102 Å². The Bertz CT molecular complexity index is 951.